The molecule has 0 aromatic rings. The van der Waals surface area contributed by atoms with Crippen molar-refractivity contribution in [3.05, 3.63) is 11.6 Å². The summed E-state index contributed by atoms with van der Waals surface area (Å²) in [5.41, 5.74) is 0.263. The normalized spacial score (nSPS) is 42.6. The number of carbonyl (C=O) groups is 3. The minimum atomic E-state index is -0.951. The van der Waals surface area contributed by atoms with Gasteiger partial charge in [-0.2, -0.15) is 0 Å². The fraction of sp³-hybridized carbons (Fsp3) is 0.808. The smallest absolute Gasteiger partial charge is 0.306 e. The molecule has 4 heteroatoms. The first-order chi connectivity index (χ1) is 14.2. The maximum Gasteiger partial charge on any atom is 0.306 e. The highest BCUT2D eigenvalue weighted by Crippen LogP contribution is 2.68. The molecule has 6 atom stereocenters. The molecule has 4 aliphatic rings. The van der Waals surface area contributed by atoms with Gasteiger partial charge in [0.2, 0.25) is 0 Å². The Balaban J connectivity index is 1.63. The summed E-state index contributed by atoms with van der Waals surface area (Å²) in [4.78, 5) is 37.7. The van der Waals surface area contributed by atoms with Gasteiger partial charge in [-0.15, -0.1) is 0 Å². The summed E-state index contributed by atoms with van der Waals surface area (Å²) in [6.45, 7) is 8.30. The number of rotatable bonds is 5. The van der Waals surface area contributed by atoms with Crippen LogP contribution in [-0.2, 0) is 19.1 Å². The Morgan fingerprint density at radius 3 is 2.50 bits per heavy atom. The minimum Gasteiger partial charge on any atom is -0.450 e. The first-order valence-electron chi connectivity index (χ1n) is 12.1. The molecule has 0 bridgehead atoms. The van der Waals surface area contributed by atoms with Crippen LogP contribution >= 0.6 is 0 Å². The van der Waals surface area contributed by atoms with Gasteiger partial charge in [0.1, 0.15) is 0 Å². The molecule has 0 N–H and O–H groups in total. The van der Waals surface area contributed by atoms with Crippen LogP contribution in [0.25, 0.3) is 0 Å². The second kappa shape index (κ2) is 7.60. The summed E-state index contributed by atoms with van der Waals surface area (Å²) >= 11 is 0. The predicted octanol–water partition coefficient (Wildman–Crippen LogP) is 5.58. The molecule has 30 heavy (non-hydrogen) atoms. The average molecular weight is 415 g/mol. The molecule has 3 fully saturated rings. The molecule has 3 unspecified atom stereocenters. The van der Waals surface area contributed by atoms with E-state index < -0.39 is 5.60 Å². The van der Waals surface area contributed by atoms with E-state index in [0.717, 1.165) is 51.4 Å². The fourth-order valence-electron chi connectivity index (χ4n) is 7.94. The van der Waals surface area contributed by atoms with E-state index in [2.05, 4.69) is 20.8 Å². The number of fused-ring (bicyclic) bond motifs is 5. The van der Waals surface area contributed by atoms with Gasteiger partial charge >= 0.3 is 5.97 Å². The van der Waals surface area contributed by atoms with Gasteiger partial charge in [0.15, 0.2) is 17.2 Å². The molecule has 0 aromatic carbocycles. The molecule has 0 aliphatic heterocycles. The van der Waals surface area contributed by atoms with Crippen molar-refractivity contribution in [2.75, 3.05) is 0 Å². The predicted molar refractivity (Wildman–Crippen MR) is 116 cm³/mol. The minimum absolute atomic E-state index is 0.0293. The van der Waals surface area contributed by atoms with Gasteiger partial charge in [-0.05, 0) is 87.5 Å². The molecule has 166 valence electrons. The van der Waals surface area contributed by atoms with Crippen LogP contribution in [-0.4, -0.2) is 23.1 Å². The largest absolute Gasteiger partial charge is 0.450 e. The van der Waals surface area contributed by atoms with Crippen LogP contribution in [0, 0.1) is 28.6 Å². The standard InChI is InChI=1S/C26H38O4/c1-5-6-7-23(29)30-26(17(2)27)15-12-22-20-9-8-18-16-19(28)10-13-24(18,3)21(20)11-14-25(22,26)4/h16,20-22H,5-15H2,1-4H3/t20?,21?,22?,24-,25-,26-/m0/s1. The summed E-state index contributed by atoms with van der Waals surface area (Å²) in [5, 5.41) is 0. The van der Waals surface area contributed by atoms with Crippen LogP contribution < -0.4 is 0 Å². The van der Waals surface area contributed by atoms with Crippen molar-refractivity contribution in [1.82, 2.24) is 0 Å². The highest BCUT2D eigenvalue weighted by Gasteiger charge is 2.67. The number of carbonyl (C=O) groups excluding carboxylic acids is 3. The van der Waals surface area contributed by atoms with Gasteiger partial charge in [0.05, 0.1) is 0 Å². The number of Topliss-reactive ketones (excluding diaryl/α,β-unsaturated/α-hetero) is 1. The van der Waals surface area contributed by atoms with Gasteiger partial charge in [0.25, 0.3) is 0 Å². The lowest BCUT2D eigenvalue weighted by molar-refractivity contribution is -0.189. The molecule has 0 amide bonds. The van der Waals surface area contributed by atoms with E-state index in [0.29, 0.717) is 37.0 Å². The van der Waals surface area contributed by atoms with Crippen molar-refractivity contribution in [3.8, 4) is 0 Å². The zero-order valence-corrected chi connectivity index (χ0v) is 19.2. The maximum atomic E-state index is 13.0. The molecule has 4 nitrogen and oxygen atoms in total. The van der Waals surface area contributed by atoms with Crippen molar-refractivity contribution < 1.29 is 19.1 Å². The van der Waals surface area contributed by atoms with Gasteiger partial charge in [-0.1, -0.05) is 32.8 Å². The summed E-state index contributed by atoms with van der Waals surface area (Å²) in [6, 6.07) is 0. The molecule has 0 aromatic heterocycles. The summed E-state index contributed by atoms with van der Waals surface area (Å²) < 4.78 is 6.12. The molecular weight excluding hydrogens is 376 g/mol. The monoisotopic (exact) mass is 414 g/mol. The molecule has 4 aliphatic carbocycles. The first-order valence-corrected chi connectivity index (χ1v) is 12.1. The van der Waals surface area contributed by atoms with Crippen LogP contribution in [0.15, 0.2) is 11.6 Å². The number of hydrogen-bond acceptors (Lipinski definition) is 4. The third kappa shape index (κ3) is 3.04. The van der Waals surface area contributed by atoms with E-state index >= 15 is 0 Å². The Bertz CT molecular complexity index is 782. The van der Waals surface area contributed by atoms with E-state index in [1.54, 1.807) is 6.92 Å². The maximum absolute atomic E-state index is 13.0. The van der Waals surface area contributed by atoms with E-state index in [-0.39, 0.29) is 28.4 Å². The highest BCUT2D eigenvalue weighted by molar-refractivity contribution is 5.91. The van der Waals surface area contributed by atoms with Crippen LogP contribution in [0.4, 0.5) is 0 Å². The molecular formula is C26H38O4. The Morgan fingerprint density at radius 1 is 1.07 bits per heavy atom. The van der Waals surface area contributed by atoms with E-state index in [1.165, 1.54) is 5.57 Å². The van der Waals surface area contributed by atoms with Crippen LogP contribution in [0.2, 0.25) is 0 Å². The average Bonchev–Trinajstić information content (AvgIpc) is 3.00. The first kappa shape index (κ1) is 21.8. The lowest BCUT2D eigenvalue weighted by Crippen LogP contribution is -2.58. The second-order valence-corrected chi connectivity index (χ2v) is 10.9. The number of allylic oxidation sites excluding steroid dienone is 1. The Kier molecular flexibility index (Phi) is 5.51. The fourth-order valence-corrected chi connectivity index (χ4v) is 7.94. The number of ketones is 2. The number of hydrogen-bond donors (Lipinski definition) is 0. The molecule has 0 heterocycles. The van der Waals surface area contributed by atoms with Crippen molar-refractivity contribution in [3.63, 3.8) is 0 Å². The van der Waals surface area contributed by atoms with Crippen molar-refractivity contribution >= 4 is 17.5 Å². The lowest BCUT2D eigenvalue weighted by atomic mass is 9.46. The van der Waals surface area contributed by atoms with Crippen LogP contribution in [0.1, 0.15) is 98.3 Å². The third-order valence-corrected chi connectivity index (χ3v) is 9.67. The second-order valence-electron chi connectivity index (χ2n) is 10.9. The highest BCUT2D eigenvalue weighted by atomic mass is 16.6. The Hall–Kier alpha value is -1.45. The Morgan fingerprint density at radius 2 is 1.80 bits per heavy atom. The van der Waals surface area contributed by atoms with Crippen LogP contribution in [0.5, 0.6) is 0 Å². The number of ether oxygens (including phenoxy) is 1. The van der Waals surface area contributed by atoms with E-state index in [4.69, 9.17) is 4.74 Å². The summed E-state index contributed by atoms with van der Waals surface area (Å²) in [5.74, 6) is 1.65. The van der Waals surface area contributed by atoms with Gasteiger partial charge in [0, 0.05) is 18.3 Å². The van der Waals surface area contributed by atoms with E-state index in [1.807, 2.05) is 6.08 Å². The SMILES string of the molecule is CCCCC(=O)O[C@]1(C(C)=O)CCC2C3CCC4=CC(=O)CC[C@]4(C)C3CC[C@@]21C. The Labute approximate surface area is 181 Å². The molecule has 4 rings (SSSR count). The van der Waals surface area contributed by atoms with Crippen molar-refractivity contribution in [1.29, 1.82) is 0 Å². The van der Waals surface area contributed by atoms with E-state index in [9.17, 15) is 14.4 Å². The van der Waals surface area contributed by atoms with Crippen molar-refractivity contribution in [2.45, 2.75) is 104 Å². The summed E-state index contributed by atoms with van der Waals surface area (Å²) in [6.07, 6.45) is 11.4. The number of esters is 1. The molecule has 0 spiro atoms. The van der Waals surface area contributed by atoms with Crippen LogP contribution in [0.3, 0.4) is 0 Å². The van der Waals surface area contributed by atoms with Gasteiger partial charge in [-0.3, -0.25) is 14.4 Å². The third-order valence-electron chi connectivity index (χ3n) is 9.67. The van der Waals surface area contributed by atoms with Gasteiger partial charge < -0.3 is 4.74 Å². The zero-order valence-electron chi connectivity index (χ0n) is 19.2. The molecule has 0 radical (unpaired) electrons. The topological polar surface area (TPSA) is 60.4 Å². The summed E-state index contributed by atoms with van der Waals surface area (Å²) in [7, 11) is 0. The zero-order chi connectivity index (χ0) is 21.7. The molecule has 3 saturated carbocycles. The lowest BCUT2D eigenvalue weighted by Gasteiger charge is -2.59. The quantitative estimate of drug-likeness (QED) is 0.551. The number of unbranched alkanes of at least 4 members (excludes halogenated alkanes) is 1. The molecule has 0 saturated heterocycles. The van der Waals surface area contributed by atoms with Crippen molar-refractivity contribution in [2.24, 2.45) is 28.6 Å². The van der Waals surface area contributed by atoms with Gasteiger partial charge in [-0.25, -0.2) is 0 Å².